The molecule has 1 N–H and O–H groups in total. The third-order valence-electron chi connectivity index (χ3n) is 2.18. The van der Waals surface area contributed by atoms with Gasteiger partial charge >= 0.3 is 6.09 Å². The molecule has 0 heterocycles. The molecular formula is C14H20FNO3. The zero-order valence-corrected chi connectivity index (χ0v) is 11.7. The van der Waals surface area contributed by atoms with Crippen molar-refractivity contribution in [2.45, 2.75) is 33.3 Å². The van der Waals surface area contributed by atoms with Crippen LogP contribution in [0.3, 0.4) is 0 Å². The second-order valence-electron chi connectivity index (χ2n) is 5.19. The van der Waals surface area contributed by atoms with Crippen molar-refractivity contribution in [1.29, 1.82) is 0 Å². The molecule has 4 nitrogen and oxygen atoms in total. The second kappa shape index (κ2) is 6.41. The van der Waals surface area contributed by atoms with Gasteiger partial charge < -0.3 is 14.8 Å². The number of benzene rings is 1. The van der Waals surface area contributed by atoms with Crippen LogP contribution in [0.25, 0.3) is 0 Å². The van der Waals surface area contributed by atoms with Crippen LogP contribution in [0, 0.1) is 12.7 Å². The van der Waals surface area contributed by atoms with Crippen molar-refractivity contribution >= 4 is 6.09 Å². The van der Waals surface area contributed by atoms with Gasteiger partial charge in [0, 0.05) is 6.07 Å². The fourth-order valence-electron chi connectivity index (χ4n) is 1.30. The van der Waals surface area contributed by atoms with E-state index in [0.717, 1.165) is 0 Å². The summed E-state index contributed by atoms with van der Waals surface area (Å²) in [6.45, 7) is 7.60. The molecule has 0 saturated carbocycles. The van der Waals surface area contributed by atoms with E-state index >= 15 is 0 Å². The molecule has 1 rings (SSSR count). The molecule has 1 amide bonds. The molecule has 19 heavy (non-hydrogen) atoms. The highest BCUT2D eigenvalue weighted by atomic mass is 19.1. The van der Waals surface area contributed by atoms with Gasteiger partial charge in [0.05, 0.1) is 6.54 Å². The van der Waals surface area contributed by atoms with E-state index in [-0.39, 0.29) is 12.4 Å². The fraction of sp³-hybridized carbons (Fsp3) is 0.500. The van der Waals surface area contributed by atoms with Crippen LogP contribution in [0.5, 0.6) is 5.75 Å². The number of carbonyl (C=O) groups excluding carboxylic acids is 1. The Morgan fingerprint density at radius 2 is 2.05 bits per heavy atom. The first kappa shape index (κ1) is 15.3. The Balaban J connectivity index is 2.27. The van der Waals surface area contributed by atoms with E-state index < -0.39 is 11.7 Å². The van der Waals surface area contributed by atoms with E-state index in [1.54, 1.807) is 39.8 Å². The van der Waals surface area contributed by atoms with Crippen LogP contribution < -0.4 is 10.1 Å². The lowest BCUT2D eigenvalue weighted by atomic mass is 10.2. The zero-order chi connectivity index (χ0) is 14.5. The van der Waals surface area contributed by atoms with Gasteiger partial charge in [-0.05, 0) is 39.3 Å². The minimum absolute atomic E-state index is 0.252. The summed E-state index contributed by atoms with van der Waals surface area (Å²) < 4.78 is 23.6. The SMILES string of the molecule is Cc1ccc(OCCNC(=O)OC(C)(C)C)cc1F. The average molecular weight is 269 g/mol. The van der Waals surface area contributed by atoms with Crippen LogP contribution in [0.15, 0.2) is 18.2 Å². The number of hydrogen-bond acceptors (Lipinski definition) is 3. The van der Waals surface area contributed by atoms with Gasteiger partial charge in [0.1, 0.15) is 23.8 Å². The van der Waals surface area contributed by atoms with Gasteiger partial charge in [-0.15, -0.1) is 0 Å². The number of carbonyl (C=O) groups is 1. The molecule has 106 valence electrons. The van der Waals surface area contributed by atoms with Crippen LogP contribution in [-0.4, -0.2) is 24.8 Å². The molecule has 0 spiro atoms. The van der Waals surface area contributed by atoms with Gasteiger partial charge in [-0.1, -0.05) is 6.07 Å². The van der Waals surface area contributed by atoms with E-state index in [1.807, 2.05) is 0 Å². The normalized spacial score (nSPS) is 11.0. The van der Waals surface area contributed by atoms with Crippen molar-refractivity contribution in [2.75, 3.05) is 13.2 Å². The van der Waals surface area contributed by atoms with Crippen molar-refractivity contribution in [1.82, 2.24) is 5.32 Å². The Labute approximate surface area is 112 Å². The second-order valence-corrected chi connectivity index (χ2v) is 5.19. The van der Waals surface area contributed by atoms with Gasteiger partial charge in [-0.3, -0.25) is 0 Å². The van der Waals surface area contributed by atoms with E-state index in [0.29, 0.717) is 17.9 Å². The third kappa shape index (κ3) is 6.08. The van der Waals surface area contributed by atoms with Crippen molar-refractivity contribution in [3.05, 3.63) is 29.6 Å². The Morgan fingerprint density at radius 1 is 1.37 bits per heavy atom. The van der Waals surface area contributed by atoms with Crippen molar-refractivity contribution < 1.29 is 18.7 Å². The number of ether oxygens (including phenoxy) is 2. The number of alkyl carbamates (subject to hydrolysis) is 1. The van der Waals surface area contributed by atoms with Crippen LogP contribution in [0.2, 0.25) is 0 Å². The highest BCUT2D eigenvalue weighted by Gasteiger charge is 2.15. The van der Waals surface area contributed by atoms with Gasteiger partial charge in [0.25, 0.3) is 0 Å². The molecule has 1 aromatic rings. The van der Waals surface area contributed by atoms with Gasteiger partial charge in [-0.2, -0.15) is 0 Å². The summed E-state index contributed by atoms with van der Waals surface area (Å²) >= 11 is 0. The molecule has 0 aliphatic rings. The number of rotatable bonds is 4. The highest BCUT2D eigenvalue weighted by Crippen LogP contribution is 2.15. The summed E-state index contributed by atoms with van der Waals surface area (Å²) in [5, 5.41) is 2.56. The summed E-state index contributed by atoms with van der Waals surface area (Å²) in [7, 11) is 0. The van der Waals surface area contributed by atoms with E-state index in [1.165, 1.54) is 6.07 Å². The first-order valence-electron chi connectivity index (χ1n) is 6.14. The molecule has 0 aromatic heterocycles. The summed E-state index contributed by atoms with van der Waals surface area (Å²) in [5.74, 6) is 0.131. The lowest BCUT2D eigenvalue weighted by Crippen LogP contribution is -2.34. The van der Waals surface area contributed by atoms with E-state index in [2.05, 4.69) is 5.32 Å². The monoisotopic (exact) mass is 269 g/mol. The summed E-state index contributed by atoms with van der Waals surface area (Å²) in [5.41, 5.74) is 0.0459. The molecule has 0 aliphatic carbocycles. The standard InChI is InChI=1S/C14H20FNO3/c1-10-5-6-11(9-12(10)15)18-8-7-16-13(17)19-14(2,3)4/h5-6,9H,7-8H2,1-4H3,(H,16,17). The Kier molecular flexibility index (Phi) is 5.15. The molecule has 5 heteroatoms. The lowest BCUT2D eigenvalue weighted by Gasteiger charge is -2.19. The smallest absolute Gasteiger partial charge is 0.407 e. The Bertz CT molecular complexity index is 441. The molecule has 0 bridgehead atoms. The van der Waals surface area contributed by atoms with Crippen molar-refractivity contribution in [3.8, 4) is 5.75 Å². The maximum atomic E-state index is 13.2. The number of hydrogen-bond donors (Lipinski definition) is 1. The predicted octanol–water partition coefficient (Wildman–Crippen LogP) is 3.04. The minimum Gasteiger partial charge on any atom is -0.492 e. The van der Waals surface area contributed by atoms with Gasteiger partial charge in [-0.25, -0.2) is 9.18 Å². The van der Waals surface area contributed by atoms with Gasteiger partial charge in [0.2, 0.25) is 0 Å². The number of aryl methyl sites for hydroxylation is 1. The van der Waals surface area contributed by atoms with Crippen molar-refractivity contribution in [3.63, 3.8) is 0 Å². The molecular weight excluding hydrogens is 249 g/mol. The van der Waals surface area contributed by atoms with Crippen molar-refractivity contribution in [2.24, 2.45) is 0 Å². The first-order valence-corrected chi connectivity index (χ1v) is 6.14. The Hall–Kier alpha value is -1.78. The zero-order valence-electron chi connectivity index (χ0n) is 11.7. The largest absolute Gasteiger partial charge is 0.492 e. The molecule has 1 aromatic carbocycles. The van der Waals surface area contributed by atoms with Crippen LogP contribution >= 0.6 is 0 Å². The Morgan fingerprint density at radius 3 is 2.63 bits per heavy atom. The fourth-order valence-corrected chi connectivity index (χ4v) is 1.30. The molecule has 0 radical (unpaired) electrons. The summed E-state index contributed by atoms with van der Waals surface area (Å²) in [6, 6.07) is 4.65. The van der Waals surface area contributed by atoms with Crippen LogP contribution in [-0.2, 0) is 4.74 Å². The molecule has 0 atom stereocenters. The number of halogens is 1. The van der Waals surface area contributed by atoms with E-state index in [4.69, 9.17) is 9.47 Å². The van der Waals surface area contributed by atoms with E-state index in [9.17, 15) is 9.18 Å². The minimum atomic E-state index is -0.523. The quantitative estimate of drug-likeness (QED) is 0.855. The highest BCUT2D eigenvalue weighted by molar-refractivity contribution is 5.67. The number of nitrogens with one attached hydrogen (secondary N) is 1. The topological polar surface area (TPSA) is 47.6 Å². The summed E-state index contributed by atoms with van der Waals surface area (Å²) in [4.78, 5) is 11.3. The molecule has 0 aliphatic heterocycles. The van der Waals surface area contributed by atoms with Crippen LogP contribution in [0.4, 0.5) is 9.18 Å². The molecule has 0 saturated heterocycles. The lowest BCUT2D eigenvalue weighted by molar-refractivity contribution is 0.0520. The first-order chi connectivity index (χ1) is 8.78. The predicted molar refractivity (Wildman–Crippen MR) is 70.9 cm³/mol. The third-order valence-corrected chi connectivity index (χ3v) is 2.18. The average Bonchev–Trinajstić information content (AvgIpc) is 2.27. The number of amides is 1. The molecule has 0 fully saturated rings. The summed E-state index contributed by atoms with van der Waals surface area (Å²) in [6.07, 6.45) is -0.494. The van der Waals surface area contributed by atoms with Gasteiger partial charge in [0.15, 0.2) is 0 Å². The van der Waals surface area contributed by atoms with Crippen LogP contribution in [0.1, 0.15) is 26.3 Å². The maximum absolute atomic E-state index is 13.2. The maximum Gasteiger partial charge on any atom is 0.407 e. The molecule has 0 unspecified atom stereocenters.